The maximum absolute atomic E-state index is 12.6. The number of amides is 1. The summed E-state index contributed by atoms with van der Waals surface area (Å²) in [5.41, 5.74) is 6.60. The molecule has 0 aliphatic carbocycles. The second-order valence-electron chi connectivity index (χ2n) is 5.42. The van der Waals surface area contributed by atoms with Gasteiger partial charge in [-0.15, -0.1) is 0 Å². The minimum atomic E-state index is -0.895. The van der Waals surface area contributed by atoms with Crippen molar-refractivity contribution in [2.45, 2.75) is 39.2 Å². The van der Waals surface area contributed by atoms with E-state index in [1.54, 1.807) is 31.2 Å². The van der Waals surface area contributed by atoms with Gasteiger partial charge in [0.15, 0.2) is 6.04 Å². The maximum atomic E-state index is 12.6. The number of carbonyl (C=O) groups excluding carboxylic acids is 3. The predicted octanol–water partition coefficient (Wildman–Crippen LogP) is 1.77. The summed E-state index contributed by atoms with van der Waals surface area (Å²) in [6.07, 6.45) is 0.894. The van der Waals surface area contributed by atoms with E-state index in [0.717, 1.165) is 5.01 Å². The molecule has 0 saturated heterocycles. The Morgan fingerprint density at radius 3 is 2.62 bits per heavy atom. The van der Waals surface area contributed by atoms with Crippen LogP contribution in [0.1, 0.15) is 43.5 Å². The van der Waals surface area contributed by atoms with E-state index < -0.39 is 12.0 Å². The fourth-order valence-corrected chi connectivity index (χ4v) is 2.49. The van der Waals surface area contributed by atoms with Crippen LogP contribution in [-0.4, -0.2) is 41.0 Å². The van der Waals surface area contributed by atoms with Crippen molar-refractivity contribution in [2.75, 3.05) is 12.3 Å². The van der Waals surface area contributed by atoms with Gasteiger partial charge < -0.3 is 10.5 Å². The normalized spacial score (nSPS) is 16.7. The Hall–Kier alpha value is -2.70. The van der Waals surface area contributed by atoms with Crippen LogP contribution in [-0.2, 0) is 14.3 Å². The zero-order valence-electron chi connectivity index (χ0n) is 13.8. The van der Waals surface area contributed by atoms with Gasteiger partial charge in [0.05, 0.1) is 6.61 Å². The lowest BCUT2D eigenvalue weighted by molar-refractivity contribution is -0.153. The summed E-state index contributed by atoms with van der Waals surface area (Å²) < 4.78 is 5.00. The number of hydrogen-bond donors (Lipinski definition) is 1. The molecule has 0 radical (unpaired) electrons. The maximum Gasteiger partial charge on any atom is 0.331 e. The van der Waals surface area contributed by atoms with Crippen LogP contribution in [0.25, 0.3) is 0 Å². The number of esters is 1. The van der Waals surface area contributed by atoms with Crippen LogP contribution >= 0.6 is 0 Å². The molecular weight excluding hydrogens is 310 g/mol. The van der Waals surface area contributed by atoms with E-state index in [0.29, 0.717) is 17.7 Å². The number of carbonyl (C=O) groups is 3. The van der Waals surface area contributed by atoms with Gasteiger partial charge >= 0.3 is 5.97 Å². The van der Waals surface area contributed by atoms with Gasteiger partial charge in [-0.1, -0.05) is 19.1 Å². The zero-order chi connectivity index (χ0) is 17.7. The summed E-state index contributed by atoms with van der Waals surface area (Å²) in [6.45, 7) is 3.73. The molecule has 0 spiro atoms. The number of nitrogens with zero attached hydrogens (tertiary/aromatic N) is 2. The van der Waals surface area contributed by atoms with Crippen LogP contribution in [0.3, 0.4) is 0 Å². The number of ether oxygens (including phenoxy) is 1. The largest absolute Gasteiger partial charge is 0.464 e. The molecule has 1 amide bonds. The molecule has 0 bridgehead atoms. The molecule has 1 aromatic rings. The third-order valence-electron chi connectivity index (χ3n) is 3.66. The van der Waals surface area contributed by atoms with E-state index in [1.165, 1.54) is 0 Å². The van der Waals surface area contributed by atoms with Crippen LogP contribution in [0.5, 0.6) is 0 Å². The van der Waals surface area contributed by atoms with Gasteiger partial charge in [-0.3, -0.25) is 9.59 Å². The van der Waals surface area contributed by atoms with Crippen LogP contribution in [0.4, 0.5) is 5.69 Å². The number of benzene rings is 1. The molecule has 24 heavy (non-hydrogen) atoms. The van der Waals surface area contributed by atoms with Crippen molar-refractivity contribution < 1.29 is 19.1 Å². The molecule has 1 heterocycles. The van der Waals surface area contributed by atoms with Gasteiger partial charge in [0, 0.05) is 24.1 Å². The number of nitrogens with two attached hydrogens (primary N) is 1. The Morgan fingerprint density at radius 1 is 1.29 bits per heavy atom. The Kier molecular flexibility index (Phi) is 5.68. The standard InChI is InChI=1S/C17H21N3O4/c1-3-7-15(21)20-14(17(23)24-4-2)10-13(19-20)16(22)11-8-5-6-9-12(11)18/h5-6,8-9,14H,3-4,7,10,18H2,1-2H3. The lowest BCUT2D eigenvalue weighted by atomic mass is 10.0. The SMILES string of the molecule is CCCC(=O)N1N=C(C(=O)c2ccccc2N)CC1C(=O)OCC. The summed E-state index contributed by atoms with van der Waals surface area (Å²) in [5, 5.41) is 5.18. The first-order valence-corrected chi connectivity index (χ1v) is 7.94. The fourth-order valence-electron chi connectivity index (χ4n) is 2.49. The number of hydrazone groups is 1. The Bertz CT molecular complexity index is 684. The highest BCUT2D eigenvalue weighted by Gasteiger charge is 2.39. The molecule has 1 unspecified atom stereocenters. The van der Waals surface area contributed by atoms with E-state index in [4.69, 9.17) is 10.5 Å². The van der Waals surface area contributed by atoms with Gasteiger partial charge in [-0.2, -0.15) is 5.10 Å². The van der Waals surface area contributed by atoms with Crippen molar-refractivity contribution in [3.63, 3.8) is 0 Å². The molecule has 1 aliphatic heterocycles. The average Bonchev–Trinajstić information content (AvgIpc) is 3.00. The van der Waals surface area contributed by atoms with Crippen LogP contribution in [0.2, 0.25) is 0 Å². The molecule has 0 saturated carbocycles. The summed E-state index contributed by atoms with van der Waals surface area (Å²) in [4.78, 5) is 36.9. The van der Waals surface area contributed by atoms with E-state index in [-0.39, 0.29) is 36.9 Å². The quantitative estimate of drug-likeness (QED) is 0.486. The molecule has 128 valence electrons. The molecule has 2 N–H and O–H groups in total. The van der Waals surface area contributed by atoms with Crippen molar-refractivity contribution in [1.82, 2.24) is 5.01 Å². The van der Waals surface area contributed by atoms with Crippen molar-refractivity contribution in [3.05, 3.63) is 29.8 Å². The van der Waals surface area contributed by atoms with Crippen molar-refractivity contribution >= 4 is 29.1 Å². The summed E-state index contributed by atoms with van der Waals surface area (Å²) >= 11 is 0. The lowest BCUT2D eigenvalue weighted by Crippen LogP contribution is -2.39. The van der Waals surface area contributed by atoms with E-state index in [9.17, 15) is 14.4 Å². The number of rotatable bonds is 6. The first kappa shape index (κ1) is 17.7. The van der Waals surface area contributed by atoms with E-state index >= 15 is 0 Å². The molecule has 1 aliphatic rings. The number of ketones is 1. The van der Waals surface area contributed by atoms with Crippen molar-refractivity contribution in [1.29, 1.82) is 0 Å². The highest BCUT2D eigenvalue weighted by molar-refractivity contribution is 6.47. The number of Topliss-reactive ketones (excluding diaryl/α,β-unsaturated/α-hetero) is 1. The number of hydrogen-bond acceptors (Lipinski definition) is 6. The Morgan fingerprint density at radius 2 is 2.00 bits per heavy atom. The second kappa shape index (κ2) is 7.72. The highest BCUT2D eigenvalue weighted by Crippen LogP contribution is 2.22. The highest BCUT2D eigenvalue weighted by atomic mass is 16.5. The predicted molar refractivity (Wildman–Crippen MR) is 89.4 cm³/mol. The van der Waals surface area contributed by atoms with Gasteiger partial charge in [-0.05, 0) is 25.5 Å². The number of para-hydroxylation sites is 1. The van der Waals surface area contributed by atoms with Crippen molar-refractivity contribution in [2.24, 2.45) is 5.10 Å². The number of nitrogen functional groups attached to an aromatic ring is 1. The molecule has 1 atom stereocenters. The topological polar surface area (TPSA) is 102 Å². The average molecular weight is 331 g/mol. The van der Waals surface area contributed by atoms with Gasteiger partial charge in [0.25, 0.3) is 0 Å². The number of anilines is 1. The molecular formula is C17H21N3O4. The van der Waals surface area contributed by atoms with Gasteiger partial charge in [-0.25, -0.2) is 9.80 Å². The summed E-state index contributed by atoms with van der Waals surface area (Å²) in [6, 6.07) is 5.73. The molecule has 7 nitrogen and oxygen atoms in total. The first-order valence-electron chi connectivity index (χ1n) is 7.94. The second-order valence-corrected chi connectivity index (χ2v) is 5.42. The third-order valence-corrected chi connectivity index (χ3v) is 3.66. The lowest BCUT2D eigenvalue weighted by Gasteiger charge is -2.19. The molecule has 0 aromatic heterocycles. The third kappa shape index (κ3) is 3.61. The summed E-state index contributed by atoms with van der Waals surface area (Å²) in [5.74, 6) is -1.25. The van der Waals surface area contributed by atoms with E-state index in [1.807, 2.05) is 6.92 Å². The molecule has 0 fully saturated rings. The van der Waals surface area contributed by atoms with Crippen molar-refractivity contribution in [3.8, 4) is 0 Å². The minimum absolute atomic E-state index is 0.0292. The molecule has 1 aromatic carbocycles. The monoisotopic (exact) mass is 331 g/mol. The first-order chi connectivity index (χ1) is 11.5. The Balaban J connectivity index is 2.29. The fraction of sp³-hybridized carbons (Fsp3) is 0.412. The van der Waals surface area contributed by atoms with Crippen LogP contribution < -0.4 is 5.73 Å². The van der Waals surface area contributed by atoms with Crippen LogP contribution in [0, 0.1) is 0 Å². The smallest absolute Gasteiger partial charge is 0.331 e. The minimum Gasteiger partial charge on any atom is -0.464 e. The molecule has 2 rings (SSSR count). The van der Waals surface area contributed by atoms with Gasteiger partial charge in [0.2, 0.25) is 11.7 Å². The van der Waals surface area contributed by atoms with Crippen LogP contribution in [0.15, 0.2) is 29.4 Å². The van der Waals surface area contributed by atoms with Gasteiger partial charge in [0.1, 0.15) is 5.71 Å². The van der Waals surface area contributed by atoms with E-state index in [2.05, 4.69) is 5.10 Å². The zero-order valence-corrected chi connectivity index (χ0v) is 13.8. The summed E-state index contributed by atoms with van der Waals surface area (Å²) in [7, 11) is 0. The molecule has 7 heteroatoms. The Labute approximate surface area is 140 Å².